The number of rotatable bonds is 2. The third kappa shape index (κ3) is 2.92. The van der Waals surface area contributed by atoms with Gasteiger partial charge in [-0.05, 0) is 56.0 Å². The van der Waals surface area contributed by atoms with Crippen LogP contribution in [0.3, 0.4) is 0 Å². The highest BCUT2D eigenvalue weighted by atomic mass is 28.4. The van der Waals surface area contributed by atoms with Crippen LogP contribution in [-0.2, 0) is 9.22 Å². The molecule has 1 fully saturated rings. The summed E-state index contributed by atoms with van der Waals surface area (Å²) in [6, 6.07) is 0. The summed E-state index contributed by atoms with van der Waals surface area (Å²) in [5, 5.41) is 0.167. The van der Waals surface area contributed by atoms with Gasteiger partial charge < -0.3 is 4.43 Å². The van der Waals surface area contributed by atoms with Crippen molar-refractivity contribution in [3.05, 3.63) is 23.0 Å². The largest absolute Gasteiger partial charge is 0.546 e. The summed E-state index contributed by atoms with van der Waals surface area (Å²) >= 11 is 0. The Morgan fingerprint density at radius 3 is 2.55 bits per heavy atom. The first-order chi connectivity index (χ1) is 9.12. The van der Waals surface area contributed by atoms with E-state index in [0.717, 1.165) is 25.0 Å². The van der Waals surface area contributed by atoms with E-state index in [9.17, 15) is 4.79 Å². The van der Waals surface area contributed by atoms with Crippen molar-refractivity contribution in [3.63, 3.8) is 0 Å². The fourth-order valence-corrected chi connectivity index (χ4v) is 3.99. The molecule has 112 valence electrons. The Kier molecular flexibility index (Phi) is 4.02. The summed E-state index contributed by atoms with van der Waals surface area (Å²) < 4.78 is 6.37. The molecule has 0 N–H and O–H groups in total. The van der Waals surface area contributed by atoms with Crippen molar-refractivity contribution in [3.8, 4) is 0 Å². The van der Waals surface area contributed by atoms with E-state index in [1.165, 1.54) is 11.1 Å². The van der Waals surface area contributed by atoms with E-state index < -0.39 is 8.32 Å². The Bertz CT molecular complexity index is 478. The number of hydrogen-bond acceptors (Lipinski definition) is 2. The molecule has 1 atom stereocenters. The van der Waals surface area contributed by atoms with E-state index in [1.54, 1.807) is 0 Å². The first-order valence-corrected chi connectivity index (χ1v) is 10.6. The van der Waals surface area contributed by atoms with Gasteiger partial charge in [-0.2, -0.15) is 0 Å². The van der Waals surface area contributed by atoms with E-state index >= 15 is 0 Å². The topological polar surface area (TPSA) is 26.3 Å². The molecule has 0 aromatic rings. The molecule has 0 bridgehead atoms. The zero-order chi connectivity index (χ0) is 15.1. The standard InChI is InChI=1S/C17H28O2Si/c1-12-10-13(19-20(5,6)17(2,3)4)11-16(18)15-9-7-8-14(12)15/h10,15H,7-9,11H2,1-6H3. The van der Waals surface area contributed by atoms with Gasteiger partial charge in [0.2, 0.25) is 8.32 Å². The number of carbonyl (C=O) groups excluding carboxylic acids is 1. The second kappa shape index (κ2) is 5.17. The first kappa shape index (κ1) is 15.6. The molecule has 0 heterocycles. The molecule has 0 saturated heterocycles. The lowest BCUT2D eigenvalue weighted by molar-refractivity contribution is -0.121. The predicted octanol–water partition coefficient (Wildman–Crippen LogP) is 4.98. The molecule has 0 radical (unpaired) electrons. The molecule has 0 aromatic heterocycles. The lowest BCUT2D eigenvalue weighted by Crippen LogP contribution is -2.40. The van der Waals surface area contributed by atoms with E-state index in [-0.39, 0.29) is 11.0 Å². The smallest absolute Gasteiger partial charge is 0.250 e. The molecule has 0 spiro atoms. The average Bonchev–Trinajstić information content (AvgIpc) is 2.71. The van der Waals surface area contributed by atoms with Crippen LogP contribution in [0.15, 0.2) is 23.0 Å². The fraction of sp³-hybridized carbons (Fsp3) is 0.706. The molecule has 2 nitrogen and oxygen atoms in total. The van der Waals surface area contributed by atoms with Gasteiger partial charge in [0.1, 0.15) is 5.78 Å². The Morgan fingerprint density at radius 2 is 1.95 bits per heavy atom. The van der Waals surface area contributed by atoms with Crippen molar-refractivity contribution in [1.82, 2.24) is 0 Å². The van der Waals surface area contributed by atoms with Crippen LogP contribution in [0.5, 0.6) is 0 Å². The third-order valence-electron chi connectivity index (χ3n) is 5.17. The summed E-state index contributed by atoms with van der Waals surface area (Å²) in [5.41, 5.74) is 2.64. The Labute approximate surface area is 124 Å². The highest BCUT2D eigenvalue weighted by Gasteiger charge is 2.40. The van der Waals surface area contributed by atoms with Gasteiger partial charge in [0, 0.05) is 5.92 Å². The SMILES string of the molecule is CC1=C2CCCC2C(=O)CC(O[Si](C)(C)C(C)(C)C)=C1. The maximum absolute atomic E-state index is 12.4. The molecular weight excluding hydrogens is 264 g/mol. The quantitative estimate of drug-likeness (QED) is 0.671. The normalized spacial score (nSPS) is 24.4. The summed E-state index contributed by atoms with van der Waals surface area (Å²) in [6.45, 7) is 13.3. The van der Waals surface area contributed by atoms with Crippen LogP contribution in [0.2, 0.25) is 18.1 Å². The Morgan fingerprint density at radius 1 is 1.30 bits per heavy atom. The second-order valence-corrected chi connectivity index (χ2v) is 12.5. The van der Waals surface area contributed by atoms with Crippen molar-refractivity contribution in [2.24, 2.45) is 5.92 Å². The van der Waals surface area contributed by atoms with Crippen molar-refractivity contribution in [1.29, 1.82) is 0 Å². The number of fused-ring (bicyclic) bond motifs is 1. The number of Topliss-reactive ketones (excluding diaryl/α,β-unsaturated/α-hetero) is 1. The van der Waals surface area contributed by atoms with Crippen molar-refractivity contribution >= 4 is 14.1 Å². The molecule has 3 heteroatoms. The number of allylic oxidation sites excluding steroid dienone is 4. The van der Waals surface area contributed by atoms with E-state index in [1.807, 2.05) is 0 Å². The van der Waals surface area contributed by atoms with Gasteiger partial charge in [-0.25, -0.2) is 0 Å². The number of hydrogen-bond donors (Lipinski definition) is 0. The molecule has 2 rings (SSSR count). The maximum Gasteiger partial charge on any atom is 0.250 e. The summed E-state index contributed by atoms with van der Waals surface area (Å²) in [6.07, 6.45) is 5.91. The zero-order valence-electron chi connectivity index (χ0n) is 13.8. The average molecular weight is 292 g/mol. The minimum absolute atomic E-state index is 0.167. The van der Waals surface area contributed by atoms with Crippen LogP contribution in [-0.4, -0.2) is 14.1 Å². The minimum Gasteiger partial charge on any atom is -0.546 e. The van der Waals surface area contributed by atoms with Gasteiger partial charge in [-0.3, -0.25) is 4.79 Å². The molecule has 2 aliphatic carbocycles. The molecule has 20 heavy (non-hydrogen) atoms. The molecule has 1 unspecified atom stereocenters. The lowest BCUT2D eigenvalue weighted by atomic mass is 9.95. The van der Waals surface area contributed by atoms with E-state index in [0.29, 0.717) is 12.2 Å². The van der Waals surface area contributed by atoms with Gasteiger partial charge in [-0.1, -0.05) is 26.3 Å². The van der Waals surface area contributed by atoms with Gasteiger partial charge in [0.25, 0.3) is 0 Å². The number of ketones is 1. The van der Waals surface area contributed by atoms with Crippen LogP contribution in [0.1, 0.15) is 53.4 Å². The highest BCUT2D eigenvalue weighted by Crippen LogP contribution is 2.41. The van der Waals surface area contributed by atoms with Crippen LogP contribution in [0, 0.1) is 5.92 Å². The minimum atomic E-state index is -1.85. The highest BCUT2D eigenvalue weighted by molar-refractivity contribution is 6.74. The van der Waals surface area contributed by atoms with Crippen LogP contribution < -0.4 is 0 Å². The first-order valence-electron chi connectivity index (χ1n) is 7.74. The molecule has 0 amide bonds. The van der Waals surface area contributed by atoms with Crippen molar-refractivity contribution in [2.45, 2.75) is 71.5 Å². The molecule has 1 saturated carbocycles. The summed E-state index contributed by atoms with van der Waals surface area (Å²) in [7, 11) is -1.85. The van der Waals surface area contributed by atoms with Gasteiger partial charge >= 0.3 is 0 Å². The monoisotopic (exact) mass is 292 g/mol. The summed E-state index contributed by atoms with van der Waals surface area (Å²) in [4.78, 5) is 12.4. The molecule has 2 aliphatic rings. The Hall–Kier alpha value is -0.833. The van der Waals surface area contributed by atoms with E-state index in [4.69, 9.17) is 4.43 Å². The molecule has 0 aromatic carbocycles. The zero-order valence-corrected chi connectivity index (χ0v) is 14.8. The van der Waals surface area contributed by atoms with Crippen molar-refractivity contribution in [2.75, 3.05) is 0 Å². The number of carbonyl (C=O) groups is 1. The van der Waals surface area contributed by atoms with Gasteiger partial charge in [0.05, 0.1) is 12.2 Å². The van der Waals surface area contributed by atoms with Crippen LogP contribution >= 0.6 is 0 Å². The maximum atomic E-state index is 12.4. The van der Waals surface area contributed by atoms with Crippen LogP contribution in [0.25, 0.3) is 0 Å². The lowest BCUT2D eigenvalue weighted by Gasteiger charge is -2.37. The van der Waals surface area contributed by atoms with Gasteiger partial charge in [0.15, 0.2) is 0 Å². The molecular formula is C17H28O2Si. The van der Waals surface area contributed by atoms with Crippen LogP contribution in [0.4, 0.5) is 0 Å². The fourth-order valence-electron chi connectivity index (χ4n) is 2.90. The third-order valence-corrected chi connectivity index (χ3v) is 9.56. The molecule has 0 aliphatic heterocycles. The van der Waals surface area contributed by atoms with Crippen molar-refractivity contribution < 1.29 is 9.22 Å². The predicted molar refractivity (Wildman–Crippen MR) is 86.0 cm³/mol. The summed E-state index contributed by atoms with van der Waals surface area (Å²) in [5.74, 6) is 1.44. The Balaban J connectivity index is 2.26. The second-order valence-electron chi connectivity index (χ2n) is 7.77. The van der Waals surface area contributed by atoms with E-state index in [2.05, 4.69) is 46.9 Å². The van der Waals surface area contributed by atoms with Gasteiger partial charge in [-0.15, -0.1) is 0 Å².